The molecule has 0 aromatic heterocycles. The predicted octanol–water partition coefficient (Wildman–Crippen LogP) is 2.07. The van der Waals surface area contributed by atoms with Crippen LogP contribution in [0.3, 0.4) is 0 Å². The van der Waals surface area contributed by atoms with Gasteiger partial charge in [0.25, 0.3) is 0 Å². The Hall–Kier alpha value is 0.170. The van der Waals surface area contributed by atoms with Gasteiger partial charge in [0.05, 0.1) is 0 Å². The van der Waals surface area contributed by atoms with Gasteiger partial charge in [0.2, 0.25) is 0 Å². The third kappa shape index (κ3) is 4.81. The van der Waals surface area contributed by atoms with E-state index in [0.717, 1.165) is 24.2 Å². The molecule has 0 saturated heterocycles. The molecule has 13 heavy (non-hydrogen) atoms. The monoisotopic (exact) mass is 218 g/mol. The van der Waals surface area contributed by atoms with Crippen molar-refractivity contribution in [3.05, 3.63) is 0 Å². The molecule has 0 bridgehead atoms. The first-order valence-electron chi connectivity index (χ1n) is 4.73. The van der Waals surface area contributed by atoms with Crippen molar-refractivity contribution >= 4 is 28.7 Å². The number of amidine groups is 1. The van der Waals surface area contributed by atoms with Crippen LogP contribution in [-0.4, -0.2) is 36.0 Å². The Bertz CT molecular complexity index is 171. The van der Waals surface area contributed by atoms with E-state index in [1.165, 1.54) is 17.9 Å². The van der Waals surface area contributed by atoms with Gasteiger partial charge in [-0.05, 0) is 24.3 Å². The largest absolute Gasteiger partial charge is 0.365 e. The summed E-state index contributed by atoms with van der Waals surface area (Å²) >= 11 is 3.77. The minimum absolute atomic E-state index is 0.736. The highest BCUT2D eigenvalue weighted by Gasteiger charge is 2.06. The quantitative estimate of drug-likeness (QED) is 0.782. The molecule has 0 aromatic carbocycles. The van der Waals surface area contributed by atoms with Crippen LogP contribution in [0.25, 0.3) is 0 Å². The van der Waals surface area contributed by atoms with Crippen LogP contribution < -0.4 is 5.32 Å². The van der Waals surface area contributed by atoms with Crippen LogP contribution in [0.15, 0.2) is 4.99 Å². The van der Waals surface area contributed by atoms with E-state index in [9.17, 15) is 0 Å². The molecule has 1 aliphatic heterocycles. The van der Waals surface area contributed by atoms with Crippen molar-refractivity contribution in [1.82, 2.24) is 5.32 Å². The summed E-state index contributed by atoms with van der Waals surface area (Å²) < 4.78 is 0. The van der Waals surface area contributed by atoms with E-state index in [1.54, 1.807) is 0 Å². The van der Waals surface area contributed by atoms with E-state index in [4.69, 9.17) is 0 Å². The van der Waals surface area contributed by atoms with Gasteiger partial charge in [-0.25, -0.2) is 0 Å². The Kier molecular flexibility index (Phi) is 5.71. The third-order valence-electron chi connectivity index (χ3n) is 1.85. The average molecular weight is 218 g/mol. The first-order valence-corrected chi connectivity index (χ1v) is 7.11. The molecule has 0 aliphatic carbocycles. The van der Waals surface area contributed by atoms with Crippen molar-refractivity contribution in [2.75, 3.05) is 30.9 Å². The van der Waals surface area contributed by atoms with E-state index in [1.807, 2.05) is 23.5 Å². The Labute approximate surface area is 89.3 Å². The summed E-state index contributed by atoms with van der Waals surface area (Å²) in [7, 11) is 0. The molecule has 1 atom stereocenters. The Morgan fingerprint density at radius 2 is 2.54 bits per heavy atom. The summed E-state index contributed by atoms with van der Waals surface area (Å²) in [5, 5.41) is 4.56. The normalized spacial score (nSPS) is 19.4. The molecule has 1 rings (SSSR count). The molecule has 1 aliphatic rings. The fraction of sp³-hybridized carbons (Fsp3) is 0.889. The lowest BCUT2D eigenvalue weighted by Crippen LogP contribution is -2.28. The van der Waals surface area contributed by atoms with Crippen LogP contribution in [0.1, 0.15) is 13.3 Å². The summed E-state index contributed by atoms with van der Waals surface area (Å²) in [6, 6.07) is 0. The highest BCUT2D eigenvalue weighted by atomic mass is 32.2. The van der Waals surface area contributed by atoms with E-state index in [-0.39, 0.29) is 0 Å². The fourth-order valence-corrected chi connectivity index (χ4v) is 2.69. The van der Waals surface area contributed by atoms with Crippen LogP contribution >= 0.6 is 23.5 Å². The second kappa shape index (κ2) is 6.60. The van der Waals surface area contributed by atoms with Gasteiger partial charge in [0.15, 0.2) is 5.17 Å². The molecule has 0 aromatic rings. The van der Waals surface area contributed by atoms with Gasteiger partial charge in [-0.15, -0.1) is 0 Å². The zero-order valence-electron chi connectivity index (χ0n) is 8.38. The van der Waals surface area contributed by atoms with E-state index in [2.05, 4.69) is 23.5 Å². The summed E-state index contributed by atoms with van der Waals surface area (Å²) in [6.07, 6.45) is 3.39. The topological polar surface area (TPSA) is 24.4 Å². The SMILES string of the molecule is CSCC(C)CNC1=NCCCS1. The standard InChI is InChI=1S/C9H18N2S2/c1-8(7-12-2)6-11-9-10-4-3-5-13-9/h8H,3-7H2,1-2H3,(H,10,11). The van der Waals surface area contributed by atoms with Crippen molar-refractivity contribution in [3.63, 3.8) is 0 Å². The lowest BCUT2D eigenvalue weighted by atomic mass is 10.2. The average Bonchev–Trinajstić information content (AvgIpc) is 2.17. The zero-order valence-corrected chi connectivity index (χ0v) is 10.0. The molecule has 0 radical (unpaired) electrons. The maximum atomic E-state index is 4.42. The van der Waals surface area contributed by atoms with Gasteiger partial charge in [-0.3, -0.25) is 4.99 Å². The van der Waals surface area contributed by atoms with Crippen molar-refractivity contribution in [1.29, 1.82) is 0 Å². The molecule has 0 amide bonds. The Balaban J connectivity index is 2.13. The maximum absolute atomic E-state index is 4.42. The Morgan fingerprint density at radius 1 is 1.69 bits per heavy atom. The molecule has 0 fully saturated rings. The zero-order chi connectivity index (χ0) is 9.52. The molecule has 1 heterocycles. The van der Waals surface area contributed by atoms with Gasteiger partial charge in [0.1, 0.15) is 0 Å². The van der Waals surface area contributed by atoms with Crippen LogP contribution in [0.4, 0.5) is 0 Å². The summed E-state index contributed by atoms with van der Waals surface area (Å²) in [5.41, 5.74) is 0. The third-order valence-corrected chi connectivity index (χ3v) is 3.79. The van der Waals surface area contributed by atoms with Crippen molar-refractivity contribution in [2.45, 2.75) is 13.3 Å². The van der Waals surface area contributed by atoms with Gasteiger partial charge < -0.3 is 5.32 Å². The minimum atomic E-state index is 0.736. The number of nitrogens with zero attached hydrogens (tertiary/aromatic N) is 1. The number of rotatable bonds is 4. The fourth-order valence-electron chi connectivity index (χ4n) is 1.17. The number of aliphatic imine (C=N–C) groups is 1. The molecule has 1 N–H and O–H groups in total. The second-order valence-electron chi connectivity index (χ2n) is 3.33. The van der Waals surface area contributed by atoms with Crippen molar-refractivity contribution < 1.29 is 0 Å². The van der Waals surface area contributed by atoms with E-state index >= 15 is 0 Å². The van der Waals surface area contributed by atoms with Crippen LogP contribution in [0.5, 0.6) is 0 Å². The molecular formula is C9H18N2S2. The molecule has 1 unspecified atom stereocenters. The number of hydrogen-bond donors (Lipinski definition) is 1. The number of hydrogen-bond acceptors (Lipinski definition) is 4. The summed E-state index contributed by atoms with van der Waals surface area (Å²) in [6.45, 7) is 4.34. The molecule has 0 spiro atoms. The van der Waals surface area contributed by atoms with Gasteiger partial charge in [-0.2, -0.15) is 11.8 Å². The first-order chi connectivity index (χ1) is 6.33. The van der Waals surface area contributed by atoms with Gasteiger partial charge >= 0.3 is 0 Å². The summed E-state index contributed by atoms with van der Waals surface area (Å²) in [5.74, 6) is 3.19. The second-order valence-corrected chi connectivity index (χ2v) is 5.32. The van der Waals surface area contributed by atoms with Crippen LogP contribution in [0.2, 0.25) is 0 Å². The Morgan fingerprint density at radius 3 is 3.15 bits per heavy atom. The smallest absolute Gasteiger partial charge is 0.156 e. The maximum Gasteiger partial charge on any atom is 0.156 e. The summed E-state index contributed by atoms with van der Waals surface area (Å²) in [4.78, 5) is 4.42. The predicted molar refractivity (Wildman–Crippen MR) is 64.9 cm³/mol. The van der Waals surface area contributed by atoms with E-state index in [0.29, 0.717) is 0 Å². The lowest BCUT2D eigenvalue weighted by Gasteiger charge is -2.16. The van der Waals surface area contributed by atoms with Crippen LogP contribution in [-0.2, 0) is 0 Å². The van der Waals surface area contributed by atoms with Gasteiger partial charge in [0, 0.05) is 18.8 Å². The molecule has 76 valence electrons. The lowest BCUT2D eigenvalue weighted by molar-refractivity contribution is 0.636. The van der Waals surface area contributed by atoms with Gasteiger partial charge in [-0.1, -0.05) is 18.7 Å². The van der Waals surface area contributed by atoms with Crippen LogP contribution in [0, 0.1) is 5.92 Å². The number of nitrogens with one attached hydrogen (secondary N) is 1. The molecule has 0 saturated carbocycles. The minimum Gasteiger partial charge on any atom is -0.365 e. The van der Waals surface area contributed by atoms with Crippen molar-refractivity contribution in [3.8, 4) is 0 Å². The molecule has 4 heteroatoms. The molecular weight excluding hydrogens is 200 g/mol. The van der Waals surface area contributed by atoms with Crippen molar-refractivity contribution in [2.24, 2.45) is 10.9 Å². The molecule has 2 nitrogen and oxygen atoms in total. The number of thioether (sulfide) groups is 2. The first kappa shape index (κ1) is 11.2. The highest BCUT2D eigenvalue weighted by Crippen LogP contribution is 2.11. The van der Waals surface area contributed by atoms with E-state index < -0.39 is 0 Å². The highest BCUT2D eigenvalue weighted by molar-refractivity contribution is 8.13.